The van der Waals surface area contributed by atoms with Gasteiger partial charge in [-0.05, 0) is 24.3 Å². The zero-order valence-corrected chi connectivity index (χ0v) is 16.7. The van der Waals surface area contributed by atoms with Crippen LogP contribution in [0.1, 0.15) is 10.4 Å². The van der Waals surface area contributed by atoms with Crippen LogP contribution in [-0.2, 0) is 14.8 Å². The molecule has 10 heteroatoms. The van der Waals surface area contributed by atoms with Gasteiger partial charge in [0.1, 0.15) is 0 Å². The Balaban J connectivity index is 1.79. The Kier molecular flexibility index (Phi) is 7.17. The Morgan fingerprint density at radius 1 is 1.11 bits per heavy atom. The molecule has 1 aliphatic heterocycles. The Hall–Kier alpha value is -2.17. The van der Waals surface area contributed by atoms with Gasteiger partial charge < -0.3 is 15.0 Å². The van der Waals surface area contributed by atoms with Gasteiger partial charge >= 0.3 is 6.09 Å². The second-order valence-corrected chi connectivity index (χ2v) is 8.52. The molecule has 0 spiro atoms. The van der Waals surface area contributed by atoms with Gasteiger partial charge in [0.2, 0.25) is 10.0 Å². The molecule has 0 bridgehead atoms. The summed E-state index contributed by atoms with van der Waals surface area (Å²) < 4.78 is 29.9. The van der Waals surface area contributed by atoms with Gasteiger partial charge in [0.25, 0.3) is 5.91 Å². The van der Waals surface area contributed by atoms with Crippen molar-refractivity contribution in [1.82, 2.24) is 19.4 Å². The van der Waals surface area contributed by atoms with Crippen LogP contribution >= 0.6 is 0 Å². The highest BCUT2D eigenvalue weighted by atomic mass is 32.2. The van der Waals surface area contributed by atoms with E-state index in [9.17, 15) is 18.0 Å². The van der Waals surface area contributed by atoms with Crippen LogP contribution in [0.3, 0.4) is 0 Å². The van der Waals surface area contributed by atoms with Crippen LogP contribution in [0, 0.1) is 0 Å². The molecule has 2 rings (SSSR count). The largest absolute Gasteiger partial charge is 0.453 e. The first-order valence-corrected chi connectivity index (χ1v) is 10.1. The van der Waals surface area contributed by atoms with Crippen LogP contribution in [-0.4, -0.2) is 95.0 Å². The van der Waals surface area contributed by atoms with Crippen molar-refractivity contribution in [2.45, 2.75) is 4.90 Å². The maximum absolute atomic E-state index is 12.2. The predicted molar refractivity (Wildman–Crippen MR) is 100 cm³/mol. The smallest absolute Gasteiger partial charge is 0.409 e. The number of carbonyl (C=O) groups is 2. The Labute approximate surface area is 159 Å². The molecule has 9 nitrogen and oxygen atoms in total. The van der Waals surface area contributed by atoms with Crippen LogP contribution in [0.4, 0.5) is 4.79 Å². The lowest BCUT2D eigenvalue weighted by molar-refractivity contribution is 0.0885. The highest BCUT2D eigenvalue weighted by Gasteiger charge is 2.21. The maximum Gasteiger partial charge on any atom is 0.409 e. The molecule has 0 radical (unpaired) electrons. The number of ether oxygens (including phenoxy) is 1. The average Bonchev–Trinajstić information content (AvgIpc) is 2.67. The lowest BCUT2D eigenvalue weighted by Gasteiger charge is -2.33. The first kappa shape index (κ1) is 21.1. The van der Waals surface area contributed by atoms with Crippen molar-refractivity contribution in [3.8, 4) is 0 Å². The Morgan fingerprint density at radius 2 is 1.70 bits per heavy atom. The maximum atomic E-state index is 12.2. The Morgan fingerprint density at radius 3 is 2.22 bits per heavy atom. The molecule has 1 aromatic carbocycles. The van der Waals surface area contributed by atoms with Crippen molar-refractivity contribution in [2.75, 3.05) is 60.5 Å². The average molecular weight is 398 g/mol. The first-order chi connectivity index (χ1) is 12.8. The number of hydrogen-bond acceptors (Lipinski definition) is 6. The summed E-state index contributed by atoms with van der Waals surface area (Å²) in [6.07, 6.45) is -0.317. The molecule has 1 fully saturated rings. The highest BCUT2D eigenvalue weighted by Crippen LogP contribution is 2.14. The lowest BCUT2D eigenvalue weighted by atomic mass is 10.2. The van der Waals surface area contributed by atoms with E-state index in [2.05, 4.69) is 10.2 Å². The molecule has 0 atom stereocenters. The van der Waals surface area contributed by atoms with Crippen LogP contribution in [0.25, 0.3) is 0 Å². The number of nitrogens with one attached hydrogen (secondary N) is 1. The van der Waals surface area contributed by atoms with E-state index in [4.69, 9.17) is 4.74 Å². The predicted octanol–water partition coefficient (Wildman–Crippen LogP) is 0.0507. The second-order valence-electron chi connectivity index (χ2n) is 6.37. The van der Waals surface area contributed by atoms with E-state index in [1.807, 2.05) is 0 Å². The van der Waals surface area contributed by atoms with E-state index in [-0.39, 0.29) is 16.9 Å². The number of benzene rings is 1. The molecule has 1 saturated heterocycles. The van der Waals surface area contributed by atoms with E-state index in [1.54, 1.807) is 4.90 Å². The summed E-state index contributed by atoms with van der Waals surface area (Å²) in [5.41, 5.74) is 0.406. The van der Waals surface area contributed by atoms with Crippen molar-refractivity contribution < 1.29 is 22.7 Å². The number of nitrogens with zero attached hydrogens (tertiary/aromatic N) is 3. The quantitative estimate of drug-likeness (QED) is 0.727. The molecular weight excluding hydrogens is 372 g/mol. The third-order valence-corrected chi connectivity index (χ3v) is 6.24. The lowest BCUT2D eigenvalue weighted by Crippen LogP contribution is -2.50. The zero-order valence-electron chi connectivity index (χ0n) is 15.8. The first-order valence-electron chi connectivity index (χ1n) is 8.61. The molecule has 1 aromatic rings. The van der Waals surface area contributed by atoms with E-state index in [1.165, 1.54) is 45.5 Å². The molecule has 1 heterocycles. The van der Waals surface area contributed by atoms with Gasteiger partial charge in [-0.1, -0.05) is 0 Å². The minimum Gasteiger partial charge on any atom is -0.453 e. The fraction of sp³-hybridized carbons (Fsp3) is 0.529. The van der Waals surface area contributed by atoms with Gasteiger partial charge in [-0.3, -0.25) is 9.69 Å². The van der Waals surface area contributed by atoms with Crippen LogP contribution in [0.15, 0.2) is 29.2 Å². The summed E-state index contributed by atoms with van der Waals surface area (Å²) in [5, 5.41) is 2.83. The van der Waals surface area contributed by atoms with E-state index in [0.717, 1.165) is 17.4 Å². The highest BCUT2D eigenvalue weighted by molar-refractivity contribution is 7.89. The number of rotatable bonds is 6. The normalized spacial score (nSPS) is 15.6. The van der Waals surface area contributed by atoms with Gasteiger partial charge in [-0.15, -0.1) is 0 Å². The van der Waals surface area contributed by atoms with Gasteiger partial charge in [-0.25, -0.2) is 17.5 Å². The van der Waals surface area contributed by atoms with Crippen molar-refractivity contribution >= 4 is 22.0 Å². The van der Waals surface area contributed by atoms with Crippen molar-refractivity contribution in [1.29, 1.82) is 0 Å². The van der Waals surface area contributed by atoms with Crippen molar-refractivity contribution in [3.05, 3.63) is 29.8 Å². The number of amides is 2. The van der Waals surface area contributed by atoms with E-state index >= 15 is 0 Å². The SMILES string of the molecule is COC(=O)N1CCN(CCNC(=O)c2ccc(S(=O)(=O)N(C)C)cc2)CC1. The minimum absolute atomic E-state index is 0.146. The molecule has 1 aliphatic rings. The molecule has 2 amide bonds. The molecule has 0 unspecified atom stereocenters. The van der Waals surface area contributed by atoms with Crippen LogP contribution in [0.2, 0.25) is 0 Å². The third-order valence-electron chi connectivity index (χ3n) is 4.41. The summed E-state index contributed by atoms with van der Waals surface area (Å²) in [6, 6.07) is 5.86. The fourth-order valence-corrected chi connectivity index (χ4v) is 3.60. The van der Waals surface area contributed by atoms with Crippen molar-refractivity contribution in [2.24, 2.45) is 0 Å². The van der Waals surface area contributed by atoms with Crippen LogP contribution < -0.4 is 5.32 Å². The second kappa shape index (κ2) is 9.16. The zero-order chi connectivity index (χ0) is 20.0. The number of methoxy groups -OCH3 is 1. The molecule has 1 N–H and O–H groups in total. The van der Waals surface area contributed by atoms with Gasteiger partial charge in [0.05, 0.1) is 12.0 Å². The van der Waals surface area contributed by atoms with Gasteiger partial charge in [-0.2, -0.15) is 0 Å². The Bertz CT molecular complexity index is 756. The molecular formula is C17H26N4O5S. The standard InChI is InChI=1S/C17H26N4O5S/c1-19(2)27(24,25)15-6-4-14(5-7-15)16(22)18-8-9-20-10-12-21(13-11-20)17(23)26-3/h4-7H,8-13H2,1-3H3,(H,18,22). The van der Waals surface area contributed by atoms with E-state index in [0.29, 0.717) is 31.7 Å². The summed E-state index contributed by atoms with van der Waals surface area (Å²) in [6.45, 7) is 3.79. The molecule has 0 aromatic heterocycles. The van der Waals surface area contributed by atoms with E-state index < -0.39 is 10.0 Å². The topological polar surface area (TPSA) is 99.3 Å². The molecule has 27 heavy (non-hydrogen) atoms. The number of piperazine rings is 1. The van der Waals surface area contributed by atoms with Crippen molar-refractivity contribution in [3.63, 3.8) is 0 Å². The molecule has 150 valence electrons. The summed E-state index contributed by atoms with van der Waals surface area (Å²) in [4.78, 5) is 27.6. The van der Waals surface area contributed by atoms with Crippen LogP contribution in [0.5, 0.6) is 0 Å². The fourth-order valence-electron chi connectivity index (χ4n) is 2.70. The number of sulfonamides is 1. The third kappa shape index (κ3) is 5.41. The molecule has 0 aliphatic carbocycles. The summed E-state index contributed by atoms with van der Waals surface area (Å²) in [7, 11) is 0.781. The summed E-state index contributed by atoms with van der Waals surface area (Å²) in [5.74, 6) is -0.253. The summed E-state index contributed by atoms with van der Waals surface area (Å²) >= 11 is 0. The minimum atomic E-state index is -3.51. The van der Waals surface area contributed by atoms with Gasteiger partial charge in [0, 0.05) is 58.9 Å². The number of hydrogen-bond donors (Lipinski definition) is 1. The molecule has 0 saturated carbocycles. The monoisotopic (exact) mass is 398 g/mol. The number of carbonyl (C=O) groups excluding carboxylic acids is 2. The van der Waals surface area contributed by atoms with Gasteiger partial charge in [0.15, 0.2) is 0 Å².